The Hall–Kier alpha value is -3.58. The molecular weight excluding hydrogens is 386 g/mol. The average Bonchev–Trinajstić information content (AvgIpc) is 2.75. The third-order valence-corrected chi connectivity index (χ3v) is 4.69. The van der Waals surface area contributed by atoms with E-state index < -0.39 is 4.92 Å². The highest BCUT2D eigenvalue weighted by Gasteiger charge is 2.25. The predicted octanol–water partition coefficient (Wildman–Crippen LogP) is 4.77. The molecule has 0 aliphatic rings. The number of aromatic nitrogens is 1. The van der Waals surface area contributed by atoms with Gasteiger partial charge in [-0.05, 0) is 18.1 Å². The zero-order chi connectivity index (χ0) is 20.8. The van der Waals surface area contributed by atoms with Crippen molar-refractivity contribution in [1.82, 2.24) is 0 Å². The standard InChI is InChI=1S/C22H19N3O3S/c1-2-16-9-4-5-12-19(16)23-22(29)20(24-13-6-3-7-14-24)21(26)17-10-8-11-18(15-17)25(27)28/h3-15H,2H2,1H3,(H-,23,26,29)/p+1. The molecule has 0 saturated heterocycles. The number of aryl methyl sites for hydroxylation is 1. The molecule has 0 unspecified atom stereocenters. The minimum absolute atomic E-state index is 0.110. The van der Waals surface area contributed by atoms with Crippen molar-refractivity contribution < 1.29 is 14.6 Å². The second-order valence-corrected chi connectivity index (χ2v) is 6.66. The van der Waals surface area contributed by atoms with Crippen LogP contribution in [0.25, 0.3) is 11.5 Å². The molecule has 3 rings (SSSR count). The molecule has 7 heteroatoms. The molecule has 0 atom stereocenters. The Morgan fingerprint density at radius 3 is 2.52 bits per heavy atom. The zero-order valence-corrected chi connectivity index (χ0v) is 16.6. The molecule has 0 fully saturated rings. The Labute approximate surface area is 173 Å². The maximum absolute atomic E-state index is 11.1. The quantitative estimate of drug-likeness (QED) is 0.154. The van der Waals surface area contributed by atoms with Crippen LogP contribution in [0, 0.1) is 10.1 Å². The van der Waals surface area contributed by atoms with Gasteiger partial charge in [0.1, 0.15) is 0 Å². The van der Waals surface area contributed by atoms with E-state index in [0.29, 0.717) is 16.2 Å². The van der Waals surface area contributed by atoms with E-state index in [1.807, 2.05) is 49.4 Å². The number of non-ortho nitro benzene ring substituents is 1. The van der Waals surface area contributed by atoms with Gasteiger partial charge in [-0.15, -0.1) is 0 Å². The average molecular weight is 406 g/mol. The van der Waals surface area contributed by atoms with Gasteiger partial charge < -0.3 is 10.4 Å². The van der Waals surface area contributed by atoms with Crippen molar-refractivity contribution >= 4 is 40.0 Å². The minimum atomic E-state index is -0.500. The van der Waals surface area contributed by atoms with E-state index in [-0.39, 0.29) is 11.4 Å². The fourth-order valence-corrected chi connectivity index (χ4v) is 3.24. The molecule has 0 saturated carbocycles. The van der Waals surface area contributed by atoms with Gasteiger partial charge in [-0.25, -0.2) is 0 Å². The molecule has 0 radical (unpaired) electrons. The summed E-state index contributed by atoms with van der Waals surface area (Å²) in [4.78, 5) is 10.9. The summed E-state index contributed by atoms with van der Waals surface area (Å²) in [6.07, 6.45) is 4.32. The second kappa shape index (κ2) is 9.07. The summed E-state index contributed by atoms with van der Waals surface area (Å²) in [6.45, 7) is 2.05. The number of aliphatic hydroxyl groups is 1. The topological polar surface area (TPSA) is 79.3 Å². The van der Waals surface area contributed by atoms with Gasteiger partial charge in [0.25, 0.3) is 11.4 Å². The number of nitrogens with one attached hydrogen (secondary N) is 1. The van der Waals surface area contributed by atoms with Crippen LogP contribution < -0.4 is 9.88 Å². The Bertz CT molecular complexity index is 1080. The molecule has 146 valence electrons. The molecule has 1 heterocycles. The number of anilines is 1. The lowest BCUT2D eigenvalue weighted by Gasteiger charge is -2.12. The van der Waals surface area contributed by atoms with E-state index >= 15 is 0 Å². The van der Waals surface area contributed by atoms with Crippen LogP contribution in [-0.4, -0.2) is 15.0 Å². The van der Waals surface area contributed by atoms with E-state index in [1.165, 1.54) is 18.2 Å². The normalized spacial score (nSPS) is 11.5. The van der Waals surface area contributed by atoms with Crippen LogP contribution in [0.15, 0.2) is 79.1 Å². The maximum Gasteiger partial charge on any atom is 0.288 e. The Kier molecular flexibility index (Phi) is 6.31. The number of hydrogen-bond donors (Lipinski definition) is 2. The number of hydrogen-bond acceptors (Lipinski definition) is 4. The molecule has 3 aromatic rings. The van der Waals surface area contributed by atoms with E-state index in [0.717, 1.165) is 17.7 Å². The highest BCUT2D eigenvalue weighted by Crippen LogP contribution is 2.23. The van der Waals surface area contributed by atoms with Gasteiger partial charge in [-0.1, -0.05) is 55.5 Å². The molecule has 6 nitrogen and oxygen atoms in total. The number of pyridine rings is 1. The van der Waals surface area contributed by atoms with Crippen LogP contribution >= 0.6 is 12.2 Å². The number of rotatable bonds is 6. The number of nitro groups is 1. The molecule has 29 heavy (non-hydrogen) atoms. The monoisotopic (exact) mass is 406 g/mol. The van der Waals surface area contributed by atoms with Crippen LogP contribution in [-0.2, 0) is 6.42 Å². The lowest BCUT2D eigenvalue weighted by Crippen LogP contribution is -2.38. The first-order chi connectivity index (χ1) is 14.0. The molecular formula is C22H20N3O3S+. The lowest BCUT2D eigenvalue weighted by molar-refractivity contribution is -0.575. The van der Waals surface area contributed by atoms with E-state index in [4.69, 9.17) is 12.2 Å². The van der Waals surface area contributed by atoms with Crippen LogP contribution in [0.5, 0.6) is 0 Å². The molecule has 0 bridgehead atoms. The number of para-hydroxylation sites is 1. The lowest BCUT2D eigenvalue weighted by atomic mass is 10.1. The fourth-order valence-electron chi connectivity index (χ4n) is 2.93. The molecule has 0 amide bonds. The summed E-state index contributed by atoms with van der Waals surface area (Å²) in [7, 11) is 0. The number of nitro benzene ring substituents is 1. The Balaban J connectivity index is 2.10. The first kappa shape index (κ1) is 20.2. The summed E-state index contributed by atoms with van der Waals surface area (Å²) in [5.74, 6) is -0.156. The van der Waals surface area contributed by atoms with E-state index in [1.54, 1.807) is 23.0 Å². The molecule has 2 N–H and O–H groups in total. The summed E-state index contributed by atoms with van der Waals surface area (Å²) in [6, 6.07) is 19.1. The van der Waals surface area contributed by atoms with Crippen LogP contribution in [0.1, 0.15) is 18.1 Å². The van der Waals surface area contributed by atoms with Gasteiger partial charge in [0, 0.05) is 35.5 Å². The fraction of sp³-hybridized carbons (Fsp3) is 0.0909. The van der Waals surface area contributed by atoms with Gasteiger partial charge in [0.05, 0.1) is 4.92 Å². The third-order valence-electron chi connectivity index (χ3n) is 4.39. The van der Waals surface area contributed by atoms with Gasteiger partial charge in [0.15, 0.2) is 23.1 Å². The molecule has 0 spiro atoms. The summed E-state index contributed by atoms with van der Waals surface area (Å²) < 4.78 is 1.68. The summed E-state index contributed by atoms with van der Waals surface area (Å²) in [5.41, 5.74) is 2.45. The molecule has 1 aromatic heterocycles. The number of aliphatic hydroxyl groups excluding tert-OH is 1. The number of nitrogens with zero attached hydrogens (tertiary/aromatic N) is 2. The van der Waals surface area contributed by atoms with Crippen molar-refractivity contribution in [3.05, 3.63) is 100 Å². The zero-order valence-electron chi connectivity index (χ0n) is 15.8. The van der Waals surface area contributed by atoms with Crippen molar-refractivity contribution in [2.24, 2.45) is 0 Å². The van der Waals surface area contributed by atoms with Gasteiger partial charge in [0.2, 0.25) is 0 Å². The Morgan fingerprint density at radius 2 is 1.83 bits per heavy atom. The van der Waals surface area contributed by atoms with Gasteiger partial charge in [-0.3, -0.25) is 10.1 Å². The SMILES string of the molecule is CCc1ccccc1NC(=S)/C(=C(/O)c1cccc([N+](=O)[O-])c1)[n+]1ccccc1. The van der Waals surface area contributed by atoms with Gasteiger partial charge >= 0.3 is 0 Å². The van der Waals surface area contributed by atoms with Crippen LogP contribution in [0.4, 0.5) is 11.4 Å². The number of benzene rings is 2. The summed E-state index contributed by atoms with van der Waals surface area (Å²) in [5, 5.41) is 25.4. The first-order valence-electron chi connectivity index (χ1n) is 9.05. The van der Waals surface area contributed by atoms with Crippen LogP contribution in [0.2, 0.25) is 0 Å². The van der Waals surface area contributed by atoms with E-state index in [9.17, 15) is 15.2 Å². The molecule has 0 aliphatic carbocycles. The number of thiocarbonyl (C=S) groups is 1. The predicted molar refractivity (Wildman–Crippen MR) is 118 cm³/mol. The largest absolute Gasteiger partial charge is 0.502 e. The van der Waals surface area contributed by atoms with Crippen molar-refractivity contribution in [3.63, 3.8) is 0 Å². The summed E-state index contributed by atoms with van der Waals surface area (Å²) >= 11 is 5.62. The first-order valence-corrected chi connectivity index (χ1v) is 9.46. The van der Waals surface area contributed by atoms with E-state index in [2.05, 4.69) is 5.32 Å². The maximum atomic E-state index is 11.1. The van der Waals surface area contributed by atoms with Crippen molar-refractivity contribution in [1.29, 1.82) is 0 Å². The highest BCUT2D eigenvalue weighted by atomic mass is 32.1. The van der Waals surface area contributed by atoms with Crippen LogP contribution in [0.3, 0.4) is 0 Å². The second-order valence-electron chi connectivity index (χ2n) is 6.25. The third kappa shape index (κ3) is 4.64. The minimum Gasteiger partial charge on any atom is -0.502 e. The molecule has 0 aliphatic heterocycles. The smallest absolute Gasteiger partial charge is 0.288 e. The Morgan fingerprint density at radius 1 is 1.10 bits per heavy atom. The van der Waals surface area contributed by atoms with Crippen molar-refractivity contribution in [3.8, 4) is 0 Å². The molecule has 2 aromatic carbocycles. The van der Waals surface area contributed by atoms with Crippen molar-refractivity contribution in [2.75, 3.05) is 5.32 Å². The van der Waals surface area contributed by atoms with Crippen molar-refractivity contribution in [2.45, 2.75) is 13.3 Å². The highest BCUT2D eigenvalue weighted by molar-refractivity contribution is 7.81. The van der Waals surface area contributed by atoms with Gasteiger partial charge in [-0.2, -0.15) is 4.57 Å².